The van der Waals surface area contributed by atoms with Gasteiger partial charge in [0, 0.05) is 19.6 Å². The zero-order valence-corrected chi connectivity index (χ0v) is 12.7. The molecule has 0 saturated carbocycles. The monoisotopic (exact) mass is 284 g/mol. The van der Waals surface area contributed by atoms with Crippen molar-refractivity contribution in [2.24, 2.45) is 0 Å². The molecule has 0 radical (unpaired) electrons. The van der Waals surface area contributed by atoms with Crippen molar-refractivity contribution in [3.8, 4) is 0 Å². The van der Waals surface area contributed by atoms with Crippen LogP contribution in [0.25, 0.3) is 0 Å². The van der Waals surface area contributed by atoms with Gasteiger partial charge in [-0.25, -0.2) is 0 Å². The maximum atomic E-state index is 5.75. The van der Waals surface area contributed by atoms with Gasteiger partial charge in [-0.2, -0.15) is 11.8 Å². The van der Waals surface area contributed by atoms with Crippen molar-refractivity contribution in [2.45, 2.75) is 25.3 Å². The minimum atomic E-state index is 0.300. The van der Waals surface area contributed by atoms with E-state index in [1.807, 2.05) is 0 Å². The Morgan fingerprint density at radius 1 is 1.42 bits per heavy atom. The zero-order chi connectivity index (χ0) is 13.5. The highest BCUT2D eigenvalue weighted by Gasteiger charge is 2.18. The molecule has 1 fully saturated rings. The van der Waals surface area contributed by atoms with E-state index in [-0.39, 0.29) is 0 Å². The lowest BCUT2D eigenvalue weighted by atomic mass is 10.2. The molecule has 4 nitrogen and oxygen atoms in total. The molecule has 1 aromatic rings. The Kier molecular flexibility index (Phi) is 6.23. The molecule has 19 heavy (non-hydrogen) atoms. The van der Waals surface area contributed by atoms with Gasteiger partial charge >= 0.3 is 0 Å². The van der Waals surface area contributed by atoms with E-state index in [2.05, 4.69) is 35.5 Å². The van der Waals surface area contributed by atoms with Crippen molar-refractivity contribution in [1.82, 2.24) is 10.2 Å². The molecule has 5 heteroatoms. The highest BCUT2D eigenvalue weighted by molar-refractivity contribution is 7.97. The molecular formula is C14H24N2O2S. The van der Waals surface area contributed by atoms with Gasteiger partial charge in [-0.1, -0.05) is 6.92 Å². The number of thioether (sulfide) groups is 1. The van der Waals surface area contributed by atoms with Gasteiger partial charge in [0.1, 0.15) is 11.5 Å². The second kappa shape index (κ2) is 7.94. The van der Waals surface area contributed by atoms with Crippen LogP contribution in [0.2, 0.25) is 0 Å². The molecule has 1 N–H and O–H groups in total. The number of furan rings is 1. The van der Waals surface area contributed by atoms with Crippen molar-refractivity contribution in [1.29, 1.82) is 0 Å². The van der Waals surface area contributed by atoms with Crippen LogP contribution in [0.1, 0.15) is 18.4 Å². The second-order valence-electron chi connectivity index (χ2n) is 4.82. The van der Waals surface area contributed by atoms with E-state index < -0.39 is 0 Å². The smallest absolute Gasteiger partial charge is 0.118 e. The molecule has 0 aliphatic carbocycles. The molecule has 0 unspecified atom stereocenters. The average molecular weight is 284 g/mol. The molecule has 1 aromatic heterocycles. The molecule has 0 aromatic carbocycles. The third-order valence-electron chi connectivity index (χ3n) is 3.35. The van der Waals surface area contributed by atoms with Crippen LogP contribution in [-0.4, -0.2) is 50.0 Å². The summed E-state index contributed by atoms with van der Waals surface area (Å²) in [4.78, 5) is 2.43. The normalized spacial score (nSPS) is 20.8. The standard InChI is InChI=1S/C14H24N2O2S/c1-3-16-6-7-17-14(10-16)9-15-8-12-4-5-13(18-12)11-19-2/h4-5,14-15H,3,6-11H2,1-2H3/t14-/m0/s1. The SMILES string of the molecule is CCN1CCO[C@@H](CNCc2ccc(CSC)o2)C1. The second-order valence-corrected chi connectivity index (χ2v) is 5.68. The van der Waals surface area contributed by atoms with E-state index in [0.29, 0.717) is 6.10 Å². The summed E-state index contributed by atoms with van der Waals surface area (Å²) in [5.41, 5.74) is 0. The third kappa shape index (κ3) is 4.84. The van der Waals surface area contributed by atoms with Gasteiger partial charge < -0.3 is 14.5 Å². The Morgan fingerprint density at radius 2 is 2.26 bits per heavy atom. The van der Waals surface area contributed by atoms with Crippen LogP contribution >= 0.6 is 11.8 Å². The maximum Gasteiger partial charge on any atom is 0.118 e. The molecule has 2 heterocycles. The first-order chi connectivity index (χ1) is 9.31. The molecule has 1 aliphatic rings. The van der Waals surface area contributed by atoms with Gasteiger partial charge in [0.05, 0.1) is 25.0 Å². The Labute approximate surface area is 119 Å². The van der Waals surface area contributed by atoms with Gasteiger partial charge in [-0.3, -0.25) is 4.90 Å². The lowest BCUT2D eigenvalue weighted by Gasteiger charge is -2.32. The first kappa shape index (κ1) is 14.9. The fourth-order valence-corrected chi connectivity index (χ4v) is 2.72. The lowest BCUT2D eigenvalue weighted by molar-refractivity contribution is -0.0255. The van der Waals surface area contributed by atoms with E-state index in [1.54, 1.807) is 11.8 Å². The summed E-state index contributed by atoms with van der Waals surface area (Å²) in [6.45, 7) is 7.90. The van der Waals surface area contributed by atoms with E-state index in [9.17, 15) is 0 Å². The Hall–Kier alpha value is -0.490. The fraction of sp³-hybridized carbons (Fsp3) is 0.714. The van der Waals surface area contributed by atoms with Crippen LogP contribution in [0.15, 0.2) is 16.5 Å². The minimum absolute atomic E-state index is 0.300. The largest absolute Gasteiger partial charge is 0.464 e. The number of nitrogens with zero attached hydrogens (tertiary/aromatic N) is 1. The first-order valence-electron chi connectivity index (χ1n) is 6.93. The summed E-state index contributed by atoms with van der Waals surface area (Å²) in [5, 5.41) is 3.42. The molecule has 2 rings (SSSR count). The van der Waals surface area contributed by atoms with Crippen LogP contribution in [0, 0.1) is 0 Å². The molecule has 1 aliphatic heterocycles. The van der Waals surface area contributed by atoms with Crippen molar-refractivity contribution in [2.75, 3.05) is 39.0 Å². The Morgan fingerprint density at radius 3 is 3.05 bits per heavy atom. The summed E-state index contributed by atoms with van der Waals surface area (Å²) in [7, 11) is 0. The fourth-order valence-electron chi connectivity index (χ4n) is 2.28. The summed E-state index contributed by atoms with van der Waals surface area (Å²) < 4.78 is 11.5. The van der Waals surface area contributed by atoms with Crippen molar-refractivity contribution in [3.63, 3.8) is 0 Å². The van der Waals surface area contributed by atoms with Crippen LogP contribution in [0.4, 0.5) is 0 Å². The predicted octanol–water partition coefficient (Wildman–Crippen LogP) is 1.95. The van der Waals surface area contributed by atoms with Crippen LogP contribution < -0.4 is 5.32 Å². The van der Waals surface area contributed by atoms with Gasteiger partial charge in [0.25, 0.3) is 0 Å². The van der Waals surface area contributed by atoms with Gasteiger partial charge in [-0.15, -0.1) is 0 Å². The lowest BCUT2D eigenvalue weighted by Crippen LogP contribution is -2.46. The Balaban J connectivity index is 1.67. The first-order valence-corrected chi connectivity index (χ1v) is 8.32. The van der Waals surface area contributed by atoms with Crippen molar-refractivity contribution in [3.05, 3.63) is 23.7 Å². The van der Waals surface area contributed by atoms with Crippen LogP contribution in [0.5, 0.6) is 0 Å². The summed E-state index contributed by atoms with van der Waals surface area (Å²) in [5.74, 6) is 3.00. The van der Waals surface area contributed by atoms with E-state index in [1.165, 1.54) is 0 Å². The van der Waals surface area contributed by atoms with E-state index >= 15 is 0 Å². The number of rotatable bonds is 7. The topological polar surface area (TPSA) is 37.6 Å². The molecule has 0 amide bonds. The van der Waals surface area contributed by atoms with Crippen LogP contribution in [0.3, 0.4) is 0 Å². The highest BCUT2D eigenvalue weighted by atomic mass is 32.2. The summed E-state index contributed by atoms with van der Waals surface area (Å²) in [6, 6.07) is 4.11. The highest BCUT2D eigenvalue weighted by Crippen LogP contribution is 2.13. The quantitative estimate of drug-likeness (QED) is 0.828. The van der Waals surface area contributed by atoms with Gasteiger partial charge in [0.15, 0.2) is 0 Å². The van der Waals surface area contributed by atoms with Crippen molar-refractivity contribution >= 4 is 11.8 Å². The zero-order valence-electron chi connectivity index (χ0n) is 11.9. The molecular weight excluding hydrogens is 260 g/mol. The molecule has 108 valence electrons. The Bertz CT molecular complexity index is 370. The summed E-state index contributed by atoms with van der Waals surface area (Å²) >= 11 is 1.78. The number of likely N-dealkylation sites (N-methyl/N-ethyl adjacent to an activating group) is 1. The maximum absolute atomic E-state index is 5.75. The van der Waals surface area contributed by atoms with E-state index in [4.69, 9.17) is 9.15 Å². The average Bonchev–Trinajstić information content (AvgIpc) is 2.87. The molecule has 0 bridgehead atoms. The summed E-state index contributed by atoms with van der Waals surface area (Å²) in [6.07, 6.45) is 2.38. The van der Waals surface area contributed by atoms with E-state index in [0.717, 1.165) is 56.6 Å². The van der Waals surface area contributed by atoms with Gasteiger partial charge in [0.2, 0.25) is 0 Å². The number of ether oxygens (including phenoxy) is 1. The molecule has 1 saturated heterocycles. The number of nitrogens with one attached hydrogen (secondary N) is 1. The third-order valence-corrected chi connectivity index (χ3v) is 3.92. The number of hydrogen-bond acceptors (Lipinski definition) is 5. The van der Waals surface area contributed by atoms with Crippen LogP contribution in [-0.2, 0) is 17.0 Å². The number of morpholine rings is 1. The van der Waals surface area contributed by atoms with Gasteiger partial charge in [-0.05, 0) is 24.9 Å². The molecule has 1 atom stereocenters. The predicted molar refractivity (Wildman–Crippen MR) is 79.5 cm³/mol. The number of hydrogen-bond donors (Lipinski definition) is 1. The van der Waals surface area contributed by atoms with Crippen molar-refractivity contribution < 1.29 is 9.15 Å². The minimum Gasteiger partial charge on any atom is -0.464 e. The molecule has 0 spiro atoms.